The van der Waals surface area contributed by atoms with Gasteiger partial charge in [-0.15, -0.1) is 21.5 Å². The normalized spacial score (nSPS) is 10.6. The zero-order valence-corrected chi connectivity index (χ0v) is 14.7. The Morgan fingerprint density at radius 3 is 2.64 bits per heavy atom. The number of carbonyl (C=O) groups is 2. The van der Waals surface area contributed by atoms with Crippen LogP contribution in [0.15, 0.2) is 36.4 Å². The molecule has 1 amide bonds. The van der Waals surface area contributed by atoms with E-state index in [0.717, 1.165) is 16.0 Å². The molecule has 0 fully saturated rings. The smallest absolute Gasteiger partial charge is 0.217 e. The van der Waals surface area contributed by atoms with Gasteiger partial charge in [0.15, 0.2) is 5.78 Å². The van der Waals surface area contributed by atoms with Crippen LogP contribution in [-0.4, -0.2) is 31.9 Å². The summed E-state index contributed by atoms with van der Waals surface area (Å²) in [6, 6.07) is 11.4. The summed E-state index contributed by atoms with van der Waals surface area (Å²) < 4.78 is 0. The highest BCUT2D eigenvalue weighted by Gasteiger charge is 2.13. The first-order valence-electron chi connectivity index (χ1n) is 7.72. The molecule has 0 unspecified atom stereocenters. The molecule has 128 valence electrons. The number of amides is 1. The summed E-state index contributed by atoms with van der Waals surface area (Å²) in [6.45, 7) is 3.92. The molecule has 3 aromatic rings. The maximum absolute atomic E-state index is 12.4. The minimum absolute atomic E-state index is 0.0267. The third-order valence-corrected chi connectivity index (χ3v) is 4.62. The highest BCUT2D eigenvalue weighted by Crippen LogP contribution is 2.18. The van der Waals surface area contributed by atoms with Crippen LogP contribution >= 0.6 is 11.3 Å². The Kier molecular flexibility index (Phi) is 4.99. The molecule has 0 aliphatic carbocycles. The lowest BCUT2D eigenvalue weighted by Gasteiger charge is -1.98. The topological polar surface area (TPSA) is 89.8 Å². The fourth-order valence-electron chi connectivity index (χ4n) is 2.17. The lowest BCUT2D eigenvalue weighted by molar-refractivity contribution is -0.119. The Morgan fingerprint density at radius 1 is 1.16 bits per heavy atom. The molecule has 0 spiro atoms. The van der Waals surface area contributed by atoms with E-state index in [0.29, 0.717) is 17.2 Å². The van der Waals surface area contributed by atoms with Gasteiger partial charge in [-0.3, -0.25) is 9.59 Å². The monoisotopic (exact) mass is 355 g/mol. The van der Waals surface area contributed by atoms with E-state index in [1.165, 1.54) is 23.1 Å². The van der Waals surface area contributed by atoms with Crippen molar-refractivity contribution in [3.8, 4) is 11.4 Å². The second-order valence-electron chi connectivity index (χ2n) is 5.61. The molecule has 1 aromatic carbocycles. The molecule has 0 atom stereocenters. The number of aromatic nitrogens is 4. The molecule has 1 N–H and O–H groups in total. The first-order valence-corrected chi connectivity index (χ1v) is 8.54. The summed E-state index contributed by atoms with van der Waals surface area (Å²) >= 11 is 1.35. The number of thiophene rings is 1. The number of nitrogens with one attached hydrogen (secondary N) is 1. The van der Waals surface area contributed by atoms with Gasteiger partial charge < -0.3 is 5.32 Å². The second kappa shape index (κ2) is 7.35. The predicted molar refractivity (Wildman–Crippen MR) is 94.2 cm³/mol. The summed E-state index contributed by atoms with van der Waals surface area (Å²) in [5.41, 5.74) is 2.01. The van der Waals surface area contributed by atoms with Crippen molar-refractivity contribution in [3.05, 3.63) is 51.7 Å². The molecule has 0 aliphatic heterocycles. The van der Waals surface area contributed by atoms with E-state index in [4.69, 9.17) is 0 Å². The summed E-state index contributed by atoms with van der Waals surface area (Å²) in [5, 5.41) is 14.9. The fourth-order valence-corrected chi connectivity index (χ4v) is 3.05. The zero-order chi connectivity index (χ0) is 17.8. The van der Waals surface area contributed by atoms with E-state index >= 15 is 0 Å². The van der Waals surface area contributed by atoms with Gasteiger partial charge in [0.05, 0.1) is 11.4 Å². The molecule has 2 heterocycles. The van der Waals surface area contributed by atoms with Gasteiger partial charge in [-0.2, -0.15) is 4.80 Å². The molecule has 0 aliphatic rings. The van der Waals surface area contributed by atoms with Gasteiger partial charge in [0.25, 0.3) is 0 Å². The van der Waals surface area contributed by atoms with Crippen LogP contribution in [0.5, 0.6) is 0 Å². The van der Waals surface area contributed by atoms with Crippen molar-refractivity contribution < 1.29 is 9.59 Å². The quantitative estimate of drug-likeness (QED) is 0.685. The Labute approximate surface area is 148 Å². The van der Waals surface area contributed by atoms with Crippen molar-refractivity contribution >= 4 is 23.0 Å². The first-order chi connectivity index (χ1) is 12.0. The number of benzene rings is 1. The molecule has 0 saturated heterocycles. The number of hydrogen-bond donors (Lipinski definition) is 1. The number of Topliss-reactive ketones (excluding diaryl/α,β-unsaturated/α-hetero) is 1. The number of nitrogens with zero attached hydrogens (tertiary/aromatic N) is 4. The Hall–Kier alpha value is -2.87. The molecule has 25 heavy (non-hydrogen) atoms. The van der Waals surface area contributed by atoms with Crippen molar-refractivity contribution in [1.82, 2.24) is 25.5 Å². The number of tetrazole rings is 1. The number of carbonyl (C=O) groups excluding carboxylic acids is 2. The van der Waals surface area contributed by atoms with Gasteiger partial charge in [0.1, 0.15) is 6.54 Å². The fraction of sp³-hybridized carbons (Fsp3) is 0.235. The van der Waals surface area contributed by atoms with Crippen molar-refractivity contribution in [2.45, 2.75) is 26.9 Å². The van der Waals surface area contributed by atoms with Crippen LogP contribution in [0.3, 0.4) is 0 Å². The average molecular weight is 355 g/mol. The third kappa shape index (κ3) is 4.36. The summed E-state index contributed by atoms with van der Waals surface area (Å²) in [4.78, 5) is 26.1. The maximum atomic E-state index is 12.4. The van der Waals surface area contributed by atoms with Crippen LogP contribution in [0.4, 0.5) is 0 Å². The van der Waals surface area contributed by atoms with E-state index in [1.807, 2.05) is 37.3 Å². The molecular weight excluding hydrogens is 338 g/mol. The standard InChI is InChI=1S/C17H17N5O2S/c1-11-3-5-13(6-4-11)17-19-21-22(20-17)10-15(24)16-8-7-14(25-16)9-18-12(2)23/h3-8H,9-10H2,1-2H3,(H,18,23). The van der Waals surface area contributed by atoms with Gasteiger partial charge in [-0.05, 0) is 24.3 Å². The van der Waals surface area contributed by atoms with E-state index in [-0.39, 0.29) is 18.2 Å². The van der Waals surface area contributed by atoms with Crippen molar-refractivity contribution in [3.63, 3.8) is 0 Å². The number of rotatable bonds is 6. The van der Waals surface area contributed by atoms with Crippen molar-refractivity contribution in [2.24, 2.45) is 0 Å². The van der Waals surface area contributed by atoms with E-state index in [2.05, 4.69) is 20.7 Å². The van der Waals surface area contributed by atoms with Gasteiger partial charge >= 0.3 is 0 Å². The molecule has 0 bridgehead atoms. The van der Waals surface area contributed by atoms with E-state index < -0.39 is 0 Å². The summed E-state index contributed by atoms with van der Waals surface area (Å²) in [7, 11) is 0. The minimum Gasteiger partial charge on any atom is -0.351 e. The number of aryl methyl sites for hydroxylation is 1. The summed E-state index contributed by atoms with van der Waals surface area (Å²) in [5.74, 6) is 0.300. The molecule has 3 rings (SSSR count). The molecular formula is C17H17N5O2S. The zero-order valence-electron chi connectivity index (χ0n) is 13.9. The van der Waals surface area contributed by atoms with Crippen LogP contribution in [0.25, 0.3) is 11.4 Å². The van der Waals surface area contributed by atoms with Gasteiger partial charge in [-0.1, -0.05) is 29.8 Å². The van der Waals surface area contributed by atoms with Crippen LogP contribution in [0, 0.1) is 6.92 Å². The van der Waals surface area contributed by atoms with Gasteiger partial charge in [0.2, 0.25) is 11.7 Å². The van der Waals surface area contributed by atoms with Crippen molar-refractivity contribution in [1.29, 1.82) is 0 Å². The van der Waals surface area contributed by atoms with Crippen LogP contribution < -0.4 is 5.32 Å². The number of hydrogen-bond acceptors (Lipinski definition) is 6. The SMILES string of the molecule is CC(=O)NCc1ccc(C(=O)Cn2nnc(-c3ccc(C)cc3)n2)s1. The van der Waals surface area contributed by atoms with E-state index in [9.17, 15) is 9.59 Å². The Morgan fingerprint density at radius 2 is 1.92 bits per heavy atom. The average Bonchev–Trinajstić information content (AvgIpc) is 3.23. The molecule has 2 aromatic heterocycles. The third-order valence-electron chi connectivity index (χ3n) is 3.50. The van der Waals surface area contributed by atoms with Crippen LogP contribution in [0.2, 0.25) is 0 Å². The first kappa shape index (κ1) is 17.0. The minimum atomic E-state index is -0.100. The molecule has 0 saturated carbocycles. The second-order valence-corrected chi connectivity index (χ2v) is 6.78. The summed E-state index contributed by atoms with van der Waals surface area (Å²) in [6.07, 6.45) is 0. The Bertz CT molecular complexity index is 898. The van der Waals surface area contributed by atoms with Crippen LogP contribution in [0.1, 0.15) is 27.0 Å². The lowest BCUT2D eigenvalue weighted by atomic mass is 10.1. The highest BCUT2D eigenvalue weighted by atomic mass is 32.1. The molecule has 8 heteroatoms. The Balaban J connectivity index is 1.65. The molecule has 7 nitrogen and oxygen atoms in total. The highest BCUT2D eigenvalue weighted by molar-refractivity contribution is 7.14. The maximum Gasteiger partial charge on any atom is 0.217 e. The number of ketones is 1. The predicted octanol–water partition coefficient (Wildman–Crippen LogP) is 2.23. The molecule has 0 radical (unpaired) electrons. The van der Waals surface area contributed by atoms with Gasteiger partial charge in [0, 0.05) is 17.4 Å². The largest absolute Gasteiger partial charge is 0.351 e. The van der Waals surface area contributed by atoms with Gasteiger partial charge in [-0.25, -0.2) is 0 Å². The van der Waals surface area contributed by atoms with Crippen molar-refractivity contribution in [2.75, 3.05) is 0 Å². The lowest BCUT2D eigenvalue weighted by Crippen LogP contribution is -2.18. The van der Waals surface area contributed by atoms with Crippen LogP contribution in [-0.2, 0) is 17.9 Å². The van der Waals surface area contributed by atoms with E-state index in [1.54, 1.807) is 6.07 Å².